The van der Waals surface area contributed by atoms with Crippen LogP contribution < -0.4 is 0 Å². The van der Waals surface area contributed by atoms with E-state index >= 15 is 0 Å². The van der Waals surface area contributed by atoms with Crippen LogP contribution in [-0.2, 0) is 12.7 Å². The monoisotopic (exact) mass is 477 g/mol. The van der Waals surface area contributed by atoms with E-state index in [2.05, 4.69) is 0 Å². The van der Waals surface area contributed by atoms with Gasteiger partial charge in [-0.1, -0.05) is 0 Å². The molecule has 0 aromatic heterocycles. The average Bonchev–Trinajstić information content (AvgIpc) is 2.88. The normalized spacial score (nSPS) is 32.6. The van der Waals surface area contributed by atoms with E-state index in [9.17, 15) is 9.59 Å². The number of amides is 1. The summed E-state index contributed by atoms with van der Waals surface area (Å²) in [6.07, 6.45) is 4.94. The van der Waals surface area contributed by atoms with Gasteiger partial charge in [0.15, 0.2) is 3.79 Å². The second kappa shape index (κ2) is 6.83. The van der Waals surface area contributed by atoms with Crippen LogP contribution in [0.3, 0.4) is 0 Å². The molecule has 2 rings (SSSR count). The molecule has 0 radical (unpaired) electrons. The van der Waals surface area contributed by atoms with Crippen molar-refractivity contribution in [2.45, 2.75) is 38.2 Å². The number of hydrogen-bond donors (Lipinski definition) is 0. The van der Waals surface area contributed by atoms with Crippen LogP contribution in [0.4, 0.5) is 0 Å². The molecule has 0 aromatic rings. The third-order valence-corrected chi connectivity index (χ3v) is 5.57. The van der Waals surface area contributed by atoms with E-state index in [1.807, 2.05) is 50.5 Å². The summed E-state index contributed by atoms with van der Waals surface area (Å²) in [5.41, 5.74) is 0. The zero-order valence-electron chi connectivity index (χ0n) is 10.1. The summed E-state index contributed by atoms with van der Waals surface area (Å²) in [6, 6.07) is 0. The smallest absolute Gasteiger partial charge is 0.225 e. The Bertz CT molecular complexity index is 329. The van der Waals surface area contributed by atoms with Crippen LogP contribution in [0.5, 0.6) is 0 Å². The number of carbonyl (C=O) groups is 2. The molecule has 2 aliphatic rings. The van der Waals surface area contributed by atoms with E-state index in [1.54, 1.807) is 0 Å². The standard InChI is InChI=1S/C12H17I2NO3/c13-11(16)9-5-6-15(7-9)12(17)8-1-3-10(18-14)4-2-8/h8-10H,1-7H2. The first-order valence-corrected chi connectivity index (χ1v) is 8.33. The highest BCUT2D eigenvalue weighted by Gasteiger charge is 2.34. The summed E-state index contributed by atoms with van der Waals surface area (Å²) in [4.78, 5) is 25.5. The van der Waals surface area contributed by atoms with E-state index in [-0.39, 0.29) is 21.5 Å². The minimum absolute atomic E-state index is 0.0589. The quantitative estimate of drug-likeness (QED) is 0.465. The highest BCUT2D eigenvalue weighted by atomic mass is 127. The SMILES string of the molecule is O=C(I)C1CCN(C(=O)C2CCC(OI)CC2)C1. The van der Waals surface area contributed by atoms with Crippen LogP contribution in [0.2, 0.25) is 0 Å². The molecule has 0 aromatic carbocycles. The number of hydrogen-bond acceptors (Lipinski definition) is 3. The molecule has 0 N–H and O–H groups in total. The number of rotatable bonds is 3. The van der Waals surface area contributed by atoms with Crippen LogP contribution >= 0.6 is 45.6 Å². The van der Waals surface area contributed by atoms with Crippen molar-refractivity contribution in [2.75, 3.05) is 13.1 Å². The van der Waals surface area contributed by atoms with Gasteiger partial charge >= 0.3 is 0 Å². The number of nitrogens with zero attached hydrogens (tertiary/aromatic N) is 1. The first kappa shape index (κ1) is 15.0. The Morgan fingerprint density at radius 3 is 2.22 bits per heavy atom. The molecule has 18 heavy (non-hydrogen) atoms. The lowest BCUT2D eigenvalue weighted by atomic mass is 9.86. The maximum atomic E-state index is 12.3. The highest BCUT2D eigenvalue weighted by molar-refractivity contribution is 14.1. The fourth-order valence-corrected chi connectivity index (χ4v) is 3.82. The van der Waals surface area contributed by atoms with Gasteiger partial charge in [0.2, 0.25) is 5.91 Å². The zero-order chi connectivity index (χ0) is 13.1. The van der Waals surface area contributed by atoms with Gasteiger partial charge in [-0.3, -0.25) is 9.59 Å². The minimum Gasteiger partial charge on any atom is -0.342 e. The Morgan fingerprint density at radius 2 is 1.72 bits per heavy atom. The number of likely N-dealkylation sites (tertiary alicyclic amines) is 1. The van der Waals surface area contributed by atoms with E-state index < -0.39 is 0 Å². The maximum Gasteiger partial charge on any atom is 0.225 e. The Balaban J connectivity index is 1.84. The summed E-state index contributed by atoms with van der Waals surface area (Å²) in [5.74, 6) is 0.460. The van der Waals surface area contributed by atoms with Crippen molar-refractivity contribution in [3.63, 3.8) is 0 Å². The zero-order valence-corrected chi connectivity index (χ0v) is 14.4. The average molecular weight is 477 g/mol. The van der Waals surface area contributed by atoms with E-state index in [0.29, 0.717) is 12.6 Å². The van der Waals surface area contributed by atoms with Gasteiger partial charge in [0, 0.05) is 24.9 Å². The molecule has 1 saturated heterocycles. The number of carbonyl (C=O) groups excluding carboxylic acids is 2. The second-order valence-corrected chi connectivity index (χ2v) is 6.71. The molecule has 1 aliphatic heterocycles. The molecule has 1 unspecified atom stereocenters. The van der Waals surface area contributed by atoms with Gasteiger partial charge in [-0.15, -0.1) is 0 Å². The van der Waals surface area contributed by atoms with Crippen LogP contribution in [0, 0.1) is 11.8 Å². The fraction of sp³-hybridized carbons (Fsp3) is 0.833. The van der Waals surface area contributed by atoms with Gasteiger partial charge in [0.05, 0.1) is 6.10 Å². The predicted molar refractivity (Wildman–Crippen MR) is 84.6 cm³/mol. The molecule has 1 heterocycles. The van der Waals surface area contributed by atoms with Crippen molar-refractivity contribution in [3.05, 3.63) is 0 Å². The lowest BCUT2D eigenvalue weighted by Crippen LogP contribution is -2.37. The summed E-state index contributed by atoms with van der Waals surface area (Å²) in [5, 5.41) is 0. The largest absolute Gasteiger partial charge is 0.342 e. The van der Waals surface area contributed by atoms with Crippen molar-refractivity contribution < 1.29 is 12.7 Å². The topological polar surface area (TPSA) is 46.6 Å². The Hall–Kier alpha value is 0.560. The second-order valence-electron chi connectivity index (χ2n) is 5.14. The molecule has 102 valence electrons. The van der Waals surface area contributed by atoms with E-state index in [0.717, 1.165) is 38.6 Å². The van der Waals surface area contributed by atoms with Gasteiger partial charge < -0.3 is 7.97 Å². The Kier molecular flexibility index (Phi) is 5.67. The maximum absolute atomic E-state index is 12.3. The van der Waals surface area contributed by atoms with Crippen molar-refractivity contribution >= 4 is 55.3 Å². The number of halogens is 2. The molecule has 2 fully saturated rings. The third-order valence-electron chi connectivity index (χ3n) is 3.97. The molecular weight excluding hydrogens is 460 g/mol. The Morgan fingerprint density at radius 1 is 1.06 bits per heavy atom. The Labute approximate surface area is 135 Å². The molecular formula is C12H17I2NO3. The van der Waals surface area contributed by atoms with Crippen LogP contribution in [0.25, 0.3) is 0 Å². The van der Waals surface area contributed by atoms with Crippen LogP contribution in [0.1, 0.15) is 32.1 Å². The van der Waals surface area contributed by atoms with Gasteiger partial charge in [-0.2, -0.15) is 0 Å². The molecule has 0 bridgehead atoms. The van der Waals surface area contributed by atoms with E-state index in [1.165, 1.54) is 0 Å². The van der Waals surface area contributed by atoms with Crippen molar-refractivity contribution in [1.29, 1.82) is 0 Å². The van der Waals surface area contributed by atoms with Crippen molar-refractivity contribution in [2.24, 2.45) is 11.8 Å². The van der Waals surface area contributed by atoms with Crippen LogP contribution in [0.15, 0.2) is 0 Å². The van der Waals surface area contributed by atoms with Crippen molar-refractivity contribution in [1.82, 2.24) is 4.90 Å². The molecule has 4 nitrogen and oxygen atoms in total. The molecule has 1 aliphatic carbocycles. The summed E-state index contributed by atoms with van der Waals surface area (Å²) in [7, 11) is 0. The predicted octanol–water partition coefficient (Wildman–Crippen LogP) is 2.72. The summed E-state index contributed by atoms with van der Waals surface area (Å²) < 4.78 is 5.48. The fourth-order valence-electron chi connectivity index (χ4n) is 2.80. The van der Waals surface area contributed by atoms with Crippen LogP contribution in [-0.4, -0.2) is 33.8 Å². The van der Waals surface area contributed by atoms with Gasteiger partial charge in [-0.25, -0.2) is 0 Å². The molecule has 1 amide bonds. The van der Waals surface area contributed by atoms with Crippen molar-refractivity contribution in [3.8, 4) is 0 Å². The lowest BCUT2D eigenvalue weighted by Gasteiger charge is -2.29. The molecule has 1 saturated carbocycles. The van der Waals surface area contributed by atoms with Gasteiger partial charge in [0.1, 0.15) is 23.0 Å². The first-order valence-electron chi connectivity index (χ1n) is 6.37. The van der Waals surface area contributed by atoms with Gasteiger partial charge in [-0.05, 0) is 54.7 Å². The molecule has 1 atom stereocenters. The van der Waals surface area contributed by atoms with E-state index in [4.69, 9.17) is 3.07 Å². The lowest BCUT2D eigenvalue weighted by molar-refractivity contribution is -0.136. The minimum atomic E-state index is 0.0589. The first-order chi connectivity index (χ1) is 8.61. The molecule has 0 spiro atoms. The summed E-state index contributed by atoms with van der Waals surface area (Å²) in [6.45, 7) is 1.38. The molecule has 6 heteroatoms. The summed E-state index contributed by atoms with van der Waals surface area (Å²) >= 11 is 3.79. The highest BCUT2D eigenvalue weighted by Crippen LogP contribution is 2.30. The van der Waals surface area contributed by atoms with Gasteiger partial charge in [0.25, 0.3) is 0 Å². The third kappa shape index (κ3) is 3.56.